The minimum Gasteiger partial charge on any atom is -0.355 e. The van der Waals surface area contributed by atoms with Crippen molar-refractivity contribution >= 4 is 11.8 Å². The average Bonchev–Trinajstić information content (AvgIpc) is 2.86. The molecular formula is C31H37FN2O2. The molecule has 0 aliphatic carbocycles. The molecule has 0 heterocycles. The number of halogens is 1. The standard InChI is InChI=1S/C31H37FN2O2/c1-5-33-30(36)28(21-24-11-7-6-8-12-24)34(22-25-13-9-10-14-27(25)32)29(35)20-17-23-15-18-26(19-16-23)31(2,3)4/h6-16,18-19,28H,5,17,20-22H2,1-4H3,(H,33,36)/t28-/m0/s1. The predicted molar refractivity (Wildman–Crippen MR) is 143 cm³/mol. The Morgan fingerprint density at radius 3 is 2.14 bits per heavy atom. The molecule has 0 saturated carbocycles. The van der Waals surface area contributed by atoms with Crippen LogP contribution in [0.15, 0.2) is 78.9 Å². The van der Waals surface area contributed by atoms with Crippen LogP contribution >= 0.6 is 0 Å². The quantitative estimate of drug-likeness (QED) is 0.390. The van der Waals surface area contributed by atoms with E-state index in [1.807, 2.05) is 37.3 Å². The lowest BCUT2D eigenvalue weighted by molar-refractivity contribution is -0.141. The fourth-order valence-electron chi connectivity index (χ4n) is 4.22. The number of hydrogen-bond acceptors (Lipinski definition) is 2. The number of nitrogens with one attached hydrogen (secondary N) is 1. The third-order valence-electron chi connectivity index (χ3n) is 6.37. The molecule has 0 unspecified atom stereocenters. The number of rotatable bonds is 10. The van der Waals surface area contributed by atoms with E-state index in [1.54, 1.807) is 23.1 Å². The Hall–Kier alpha value is -3.47. The van der Waals surface area contributed by atoms with Gasteiger partial charge in [0.25, 0.3) is 0 Å². The molecule has 0 bridgehead atoms. The molecule has 3 aromatic rings. The third kappa shape index (κ3) is 7.51. The lowest BCUT2D eigenvalue weighted by Crippen LogP contribution is -2.50. The second-order valence-corrected chi connectivity index (χ2v) is 10.2. The summed E-state index contributed by atoms with van der Waals surface area (Å²) >= 11 is 0. The summed E-state index contributed by atoms with van der Waals surface area (Å²) in [4.78, 5) is 28.3. The highest BCUT2D eigenvalue weighted by atomic mass is 19.1. The Kier molecular flexibility index (Phi) is 9.40. The summed E-state index contributed by atoms with van der Waals surface area (Å²) in [5, 5.41) is 2.87. The van der Waals surface area contributed by atoms with Gasteiger partial charge in [0.2, 0.25) is 11.8 Å². The van der Waals surface area contributed by atoms with Gasteiger partial charge in [-0.3, -0.25) is 9.59 Å². The summed E-state index contributed by atoms with van der Waals surface area (Å²) in [7, 11) is 0. The summed E-state index contributed by atoms with van der Waals surface area (Å²) in [5.41, 5.74) is 3.68. The summed E-state index contributed by atoms with van der Waals surface area (Å²) in [6.45, 7) is 8.83. The average molecular weight is 489 g/mol. The highest BCUT2D eigenvalue weighted by Crippen LogP contribution is 2.23. The molecule has 0 radical (unpaired) electrons. The van der Waals surface area contributed by atoms with Crippen LogP contribution in [0.1, 0.15) is 56.4 Å². The first-order valence-corrected chi connectivity index (χ1v) is 12.6. The van der Waals surface area contributed by atoms with Gasteiger partial charge in [0.15, 0.2) is 0 Å². The second kappa shape index (κ2) is 12.5. The SMILES string of the molecule is CCNC(=O)[C@H](Cc1ccccc1)N(Cc1ccccc1F)C(=O)CCc1ccc(C(C)(C)C)cc1. The molecule has 0 aromatic heterocycles. The van der Waals surface area contributed by atoms with Crippen LogP contribution in [-0.4, -0.2) is 29.3 Å². The zero-order valence-corrected chi connectivity index (χ0v) is 21.8. The van der Waals surface area contributed by atoms with Crippen molar-refractivity contribution in [2.75, 3.05) is 6.54 Å². The van der Waals surface area contributed by atoms with Crippen molar-refractivity contribution in [2.24, 2.45) is 0 Å². The van der Waals surface area contributed by atoms with Crippen LogP contribution in [0.2, 0.25) is 0 Å². The molecule has 0 aliphatic heterocycles. The van der Waals surface area contributed by atoms with E-state index in [9.17, 15) is 14.0 Å². The van der Waals surface area contributed by atoms with Crippen molar-refractivity contribution < 1.29 is 14.0 Å². The van der Waals surface area contributed by atoms with Crippen molar-refractivity contribution in [2.45, 2.75) is 65.0 Å². The molecule has 1 N–H and O–H groups in total. The van der Waals surface area contributed by atoms with Crippen molar-refractivity contribution in [3.05, 3.63) is 107 Å². The minimum absolute atomic E-state index is 0.0309. The first kappa shape index (κ1) is 27.1. The van der Waals surface area contributed by atoms with Crippen LogP contribution in [0.3, 0.4) is 0 Å². The molecule has 0 saturated heterocycles. The van der Waals surface area contributed by atoms with Gasteiger partial charge in [-0.1, -0.05) is 93.6 Å². The predicted octanol–water partition coefficient (Wildman–Crippen LogP) is 5.83. The van der Waals surface area contributed by atoms with Crippen molar-refractivity contribution in [3.8, 4) is 0 Å². The van der Waals surface area contributed by atoms with Crippen LogP contribution in [0, 0.1) is 5.82 Å². The molecule has 2 amide bonds. The lowest BCUT2D eigenvalue weighted by Gasteiger charge is -2.31. The van der Waals surface area contributed by atoms with Crippen molar-refractivity contribution in [1.29, 1.82) is 0 Å². The van der Waals surface area contributed by atoms with Crippen molar-refractivity contribution in [3.63, 3.8) is 0 Å². The minimum atomic E-state index is -0.747. The third-order valence-corrected chi connectivity index (χ3v) is 6.37. The summed E-state index contributed by atoms with van der Waals surface area (Å²) in [6, 6.07) is 23.6. The zero-order chi connectivity index (χ0) is 26.1. The number of carbonyl (C=O) groups is 2. The number of amides is 2. The normalized spacial score (nSPS) is 12.1. The monoisotopic (exact) mass is 488 g/mol. The zero-order valence-electron chi connectivity index (χ0n) is 21.8. The van der Waals surface area contributed by atoms with Gasteiger partial charge in [-0.05, 0) is 41.5 Å². The largest absolute Gasteiger partial charge is 0.355 e. The second-order valence-electron chi connectivity index (χ2n) is 10.2. The van der Waals surface area contributed by atoms with Gasteiger partial charge in [0, 0.05) is 31.5 Å². The maximum absolute atomic E-state index is 14.6. The Morgan fingerprint density at radius 2 is 1.53 bits per heavy atom. The van der Waals surface area contributed by atoms with Crippen molar-refractivity contribution in [1.82, 2.24) is 10.2 Å². The maximum Gasteiger partial charge on any atom is 0.243 e. The van der Waals surface area contributed by atoms with E-state index >= 15 is 0 Å². The maximum atomic E-state index is 14.6. The van der Waals surface area contributed by atoms with E-state index in [0.717, 1.165) is 11.1 Å². The number of benzene rings is 3. The van der Waals surface area contributed by atoms with Gasteiger partial charge in [0.1, 0.15) is 11.9 Å². The summed E-state index contributed by atoms with van der Waals surface area (Å²) in [6.07, 6.45) is 1.13. The van der Waals surface area contributed by atoms with Crippen LogP contribution in [0.25, 0.3) is 0 Å². The number of hydrogen-bond donors (Lipinski definition) is 1. The van der Waals surface area contributed by atoms with Gasteiger partial charge in [0.05, 0.1) is 0 Å². The fraction of sp³-hybridized carbons (Fsp3) is 0.355. The number of carbonyl (C=O) groups excluding carboxylic acids is 2. The molecule has 0 spiro atoms. The highest BCUT2D eigenvalue weighted by molar-refractivity contribution is 5.88. The van der Waals surface area contributed by atoms with Crippen LogP contribution in [-0.2, 0) is 34.4 Å². The Labute approximate surface area is 214 Å². The van der Waals surface area contributed by atoms with E-state index < -0.39 is 6.04 Å². The van der Waals surface area contributed by atoms with E-state index in [1.165, 1.54) is 11.6 Å². The van der Waals surface area contributed by atoms with E-state index in [-0.39, 0.29) is 36.0 Å². The topological polar surface area (TPSA) is 49.4 Å². The molecule has 0 fully saturated rings. The molecule has 3 aromatic carbocycles. The number of nitrogens with zero attached hydrogens (tertiary/aromatic N) is 1. The first-order valence-electron chi connectivity index (χ1n) is 12.6. The first-order chi connectivity index (χ1) is 17.2. The van der Waals surface area contributed by atoms with Crippen LogP contribution < -0.4 is 5.32 Å². The Morgan fingerprint density at radius 1 is 0.889 bits per heavy atom. The highest BCUT2D eigenvalue weighted by Gasteiger charge is 2.30. The molecule has 190 valence electrons. The van der Waals surface area contributed by atoms with E-state index in [2.05, 4.69) is 50.4 Å². The lowest BCUT2D eigenvalue weighted by atomic mass is 9.86. The van der Waals surface area contributed by atoms with Gasteiger partial charge >= 0.3 is 0 Å². The Balaban J connectivity index is 1.86. The molecule has 1 atom stereocenters. The molecular weight excluding hydrogens is 451 g/mol. The molecule has 36 heavy (non-hydrogen) atoms. The fourth-order valence-corrected chi connectivity index (χ4v) is 4.22. The number of likely N-dealkylation sites (N-methyl/N-ethyl adjacent to an activating group) is 1. The van der Waals surface area contributed by atoms with Crippen LogP contribution in [0.5, 0.6) is 0 Å². The Bertz CT molecular complexity index is 1140. The molecule has 5 heteroatoms. The molecule has 4 nitrogen and oxygen atoms in total. The summed E-state index contributed by atoms with van der Waals surface area (Å²) in [5.74, 6) is -0.798. The molecule has 3 rings (SSSR count). The van der Waals surface area contributed by atoms with Gasteiger partial charge in [-0.25, -0.2) is 4.39 Å². The number of aryl methyl sites for hydroxylation is 1. The smallest absolute Gasteiger partial charge is 0.243 e. The molecule has 0 aliphatic rings. The van der Waals surface area contributed by atoms with E-state index in [4.69, 9.17) is 0 Å². The van der Waals surface area contributed by atoms with Crippen LogP contribution in [0.4, 0.5) is 4.39 Å². The van der Waals surface area contributed by atoms with Gasteiger partial charge in [-0.15, -0.1) is 0 Å². The van der Waals surface area contributed by atoms with Gasteiger partial charge < -0.3 is 10.2 Å². The summed E-state index contributed by atoms with van der Waals surface area (Å²) < 4.78 is 14.6. The van der Waals surface area contributed by atoms with Gasteiger partial charge in [-0.2, -0.15) is 0 Å². The van der Waals surface area contributed by atoms with E-state index in [0.29, 0.717) is 24.9 Å².